The number of amides is 1. The maximum absolute atomic E-state index is 13.4. The normalized spacial score (nSPS) is 18.8. The highest BCUT2D eigenvalue weighted by molar-refractivity contribution is 5.97. The molecule has 0 spiro atoms. The second-order valence-electron chi connectivity index (χ2n) is 6.95. The van der Waals surface area contributed by atoms with Crippen molar-refractivity contribution in [3.05, 3.63) is 113 Å². The van der Waals surface area contributed by atoms with E-state index >= 15 is 0 Å². The van der Waals surface area contributed by atoms with E-state index in [-0.39, 0.29) is 11.8 Å². The van der Waals surface area contributed by atoms with Crippen LogP contribution in [0.4, 0.5) is 0 Å². The molecule has 0 aromatic heterocycles. The van der Waals surface area contributed by atoms with Crippen molar-refractivity contribution in [2.24, 2.45) is 0 Å². The zero-order valence-corrected chi connectivity index (χ0v) is 15.6. The molecule has 1 heterocycles. The predicted molar refractivity (Wildman–Crippen MR) is 110 cm³/mol. The Kier molecular flexibility index (Phi) is 4.55. The summed E-state index contributed by atoms with van der Waals surface area (Å²) in [5.74, 6) is -0.409. The third-order valence-corrected chi connectivity index (χ3v) is 5.49. The van der Waals surface area contributed by atoms with Crippen LogP contribution in [-0.4, -0.2) is 10.8 Å². The standard InChI is InChI=1S/C25H20N2O/c1-19(20-10-4-2-5-11-20)25(18-26)23-15-9-8-12-21(23)16-17-27(25)24(28)22-13-6-3-7-14-22/h2-17,19H,1H3/t19-,25+/m0/s1. The van der Waals surface area contributed by atoms with Crippen molar-refractivity contribution in [1.29, 1.82) is 5.26 Å². The maximum Gasteiger partial charge on any atom is 0.259 e. The van der Waals surface area contributed by atoms with Gasteiger partial charge in [0.2, 0.25) is 0 Å². The second kappa shape index (κ2) is 7.17. The summed E-state index contributed by atoms with van der Waals surface area (Å²) in [7, 11) is 0. The minimum atomic E-state index is -1.14. The van der Waals surface area contributed by atoms with E-state index in [1.807, 2.05) is 85.8 Å². The quantitative estimate of drug-likeness (QED) is 0.630. The van der Waals surface area contributed by atoms with E-state index in [2.05, 4.69) is 6.07 Å². The smallest absolute Gasteiger partial charge is 0.259 e. The van der Waals surface area contributed by atoms with Gasteiger partial charge in [-0.15, -0.1) is 0 Å². The van der Waals surface area contributed by atoms with E-state index in [0.29, 0.717) is 5.56 Å². The SMILES string of the molecule is C[C@@H](c1ccccc1)[C@]1(C#N)c2ccccc2C=CN1C(=O)c1ccccc1. The molecule has 136 valence electrons. The fourth-order valence-electron chi connectivity index (χ4n) is 3.98. The molecule has 28 heavy (non-hydrogen) atoms. The lowest BCUT2D eigenvalue weighted by atomic mass is 9.72. The van der Waals surface area contributed by atoms with Gasteiger partial charge in [0.1, 0.15) is 0 Å². The van der Waals surface area contributed by atoms with Crippen LogP contribution in [0.5, 0.6) is 0 Å². The molecular formula is C25H20N2O. The Morgan fingerprint density at radius 3 is 2.21 bits per heavy atom. The van der Waals surface area contributed by atoms with Gasteiger partial charge in [-0.05, 0) is 29.3 Å². The molecule has 0 fully saturated rings. The predicted octanol–water partition coefficient (Wildman–Crippen LogP) is 5.34. The van der Waals surface area contributed by atoms with Crippen LogP contribution in [0, 0.1) is 11.3 Å². The Balaban J connectivity index is 1.93. The van der Waals surface area contributed by atoms with Gasteiger partial charge in [0, 0.05) is 23.2 Å². The Hall–Kier alpha value is -3.64. The van der Waals surface area contributed by atoms with Crippen molar-refractivity contribution >= 4 is 12.0 Å². The van der Waals surface area contributed by atoms with Gasteiger partial charge in [-0.3, -0.25) is 9.69 Å². The summed E-state index contributed by atoms with van der Waals surface area (Å²) >= 11 is 0. The summed E-state index contributed by atoms with van der Waals surface area (Å²) in [5.41, 5.74) is 2.25. The van der Waals surface area contributed by atoms with Crippen LogP contribution >= 0.6 is 0 Å². The van der Waals surface area contributed by atoms with Crippen molar-refractivity contribution in [2.75, 3.05) is 0 Å². The van der Waals surface area contributed by atoms with Crippen LogP contribution < -0.4 is 0 Å². The fourth-order valence-corrected chi connectivity index (χ4v) is 3.98. The molecule has 1 amide bonds. The van der Waals surface area contributed by atoms with Crippen LogP contribution in [0.3, 0.4) is 0 Å². The number of carbonyl (C=O) groups excluding carboxylic acids is 1. The summed E-state index contributed by atoms with van der Waals surface area (Å²) in [6.45, 7) is 2.01. The van der Waals surface area contributed by atoms with Gasteiger partial charge in [-0.1, -0.05) is 79.7 Å². The van der Waals surface area contributed by atoms with Gasteiger partial charge in [-0.2, -0.15) is 5.26 Å². The van der Waals surface area contributed by atoms with Crippen molar-refractivity contribution < 1.29 is 4.79 Å². The van der Waals surface area contributed by atoms with E-state index in [1.165, 1.54) is 0 Å². The van der Waals surface area contributed by atoms with Gasteiger partial charge < -0.3 is 0 Å². The van der Waals surface area contributed by atoms with E-state index in [0.717, 1.165) is 16.7 Å². The third-order valence-electron chi connectivity index (χ3n) is 5.49. The molecular weight excluding hydrogens is 344 g/mol. The van der Waals surface area contributed by atoms with Crippen LogP contribution in [0.1, 0.15) is 39.9 Å². The Labute approximate surface area is 165 Å². The first kappa shape index (κ1) is 17.8. The zero-order valence-electron chi connectivity index (χ0n) is 15.6. The maximum atomic E-state index is 13.4. The molecule has 0 saturated heterocycles. The summed E-state index contributed by atoms with van der Waals surface area (Å²) in [6.07, 6.45) is 3.66. The van der Waals surface area contributed by atoms with Gasteiger partial charge in [0.05, 0.1) is 6.07 Å². The van der Waals surface area contributed by atoms with E-state index in [4.69, 9.17) is 0 Å². The fraction of sp³-hybridized carbons (Fsp3) is 0.120. The summed E-state index contributed by atoms with van der Waals surface area (Å²) in [6, 6.07) is 29.4. The van der Waals surface area contributed by atoms with Crippen LogP contribution in [0.25, 0.3) is 6.08 Å². The molecule has 0 radical (unpaired) electrons. The lowest BCUT2D eigenvalue weighted by Crippen LogP contribution is -2.50. The number of nitrogens with zero attached hydrogens (tertiary/aromatic N) is 2. The minimum absolute atomic E-state index is 0.185. The molecule has 1 aliphatic rings. The van der Waals surface area contributed by atoms with E-state index < -0.39 is 5.54 Å². The zero-order chi connectivity index (χ0) is 19.6. The number of rotatable bonds is 3. The molecule has 3 nitrogen and oxygen atoms in total. The summed E-state index contributed by atoms with van der Waals surface area (Å²) in [4.78, 5) is 15.0. The molecule has 1 aliphatic heterocycles. The van der Waals surface area contributed by atoms with Crippen LogP contribution in [0.2, 0.25) is 0 Å². The number of fused-ring (bicyclic) bond motifs is 1. The lowest BCUT2D eigenvalue weighted by molar-refractivity contribution is 0.0664. The van der Waals surface area contributed by atoms with Gasteiger partial charge in [-0.25, -0.2) is 0 Å². The first-order valence-corrected chi connectivity index (χ1v) is 9.31. The average molecular weight is 364 g/mol. The molecule has 0 unspecified atom stereocenters. The first-order valence-electron chi connectivity index (χ1n) is 9.31. The van der Waals surface area contributed by atoms with Crippen molar-refractivity contribution in [3.63, 3.8) is 0 Å². The summed E-state index contributed by atoms with van der Waals surface area (Å²) < 4.78 is 0. The van der Waals surface area contributed by atoms with E-state index in [1.54, 1.807) is 23.2 Å². The second-order valence-corrected chi connectivity index (χ2v) is 6.95. The molecule has 0 aliphatic carbocycles. The van der Waals surface area contributed by atoms with Crippen molar-refractivity contribution in [3.8, 4) is 6.07 Å². The molecule has 3 aromatic rings. The molecule has 2 atom stereocenters. The van der Waals surface area contributed by atoms with Crippen LogP contribution in [0.15, 0.2) is 91.1 Å². The number of nitriles is 1. The Bertz CT molecular complexity index is 1070. The van der Waals surface area contributed by atoms with E-state index in [9.17, 15) is 10.1 Å². The van der Waals surface area contributed by atoms with Crippen molar-refractivity contribution in [2.45, 2.75) is 18.4 Å². The highest BCUT2D eigenvalue weighted by Gasteiger charge is 2.49. The van der Waals surface area contributed by atoms with Crippen molar-refractivity contribution in [1.82, 2.24) is 4.90 Å². The largest absolute Gasteiger partial charge is 0.291 e. The highest BCUT2D eigenvalue weighted by atomic mass is 16.2. The molecule has 4 rings (SSSR count). The topological polar surface area (TPSA) is 44.1 Å². The third kappa shape index (κ3) is 2.71. The lowest BCUT2D eigenvalue weighted by Gasteiger charge is -2.44. The molecule has 0 bridgehead atoms. The van der Waals surface area contributed by atoms with Crippen LogP contribution in [-0.2, 0) is 5.54 Å². The first-order chi connectivity index (χ1) is 13.7. The Morgan fingerprint density at radius 1 is 0.929 bits per heavy atom. The Morgan fingerprint density at radius 2 is 1.54 bits per heavy atom. The van der Waals surface area contributed by atoms with Gasteiger partial charge >= 0.3 is 0 Å². The molecule has 0 saturated carbocycles. The number of benzene rings is 3. The molecule has 3 heteroatoms. The summed E-state index contributed by atoms with van der Waals surface area (Å²) in [5, 5.41) is 10.5. The minimum Gasteiger partial charge on any atom is -0.291 e. The van der Waals surface area contributed by atoms with Gasteiger partial charge in [0.25, 0.3) is 5.91 Å². The van der Waals surface area contributed by atoms with Gasteiger partial charge in [0.15, 0.2) is 5.54 Å². The number of hydrogen-bond donors (Lipinski definition) is 0. The molecule has 0 N–H and O–H groups in total. The monoisotopic (exact) mass is 364 g/mol. The highest BCUT2D eigenvalue weighted by Crippen LogP contribution is 2.46. The average Bonchev–Trinajstić information content (AvgIpc) is 2.78. The number of carbonyl (C=O) groups is 1. The number of hydrogen-bond acceptors (Lipinski definition) is 2. The molecule has 3 aromatic carbocycles.